The van der Waals surface area contributed by atoms with Gasteiger partial charge in [-0.3, -0.25) is 0 Å². The predicted molar refractivity (Wildman–Crippen MR) is 70.9 cm³/mol. The van der Waals surface area contributed by atoms with Gasteiger partial charge in [0.15, 0.2) is 0 Å². The molecule has 0 aromatic heterocycles. The third-order valence-electron chi connectivity index (χ3n) is 3.79. The molecule has 1 N–H and O–H groups in total. The van der Waals surface area contributed by atoms with E-state index in [2.05, 4.69) is 32.9 Å². The minimum atomic E-state index is 0.846. The summed E-state index contributed by atoms with van der Waals surface area (Å²) < 4.78 is 5.94. The van der Waals surface area contributed by atoms with Crippen LogP contribution in [-0.4, -0.2) is 26.2 Å². The first kappa shape index (κ1) is 12.4. The van der Waals surface area contributed by atoms with E-state index >= 15 is 0 Å². The number of nitrogens with one attached hydrogen (secondary N) is 1. The van der Waals surface area contributed by atoms with Crippen molar-refractivity contribution < 1.29 is 9.64 Å². The number of hydrogen-bond acceptors (Lipinski definition) is 1. The fourth-order valence-electron chi connectivity index (χ4n) is 2.58. The summed E-state index contributed by atoms with van der Waals surface area (Å²) in [5.41, 5.74) is 3.90. The van der Waals surface area contributed by atoms with Crippen molar-refractivity contribution in [2.45, 2.75) is 33.6 Å². The normalized spacial score (nSPS) is 16.4. The molecule has 1 fully saturated rings. The highest BCUT2D eigenvalue weighted by Gasteiger charge is 2.14. The van der Waals surface area contributed by atoms with Crippen molar-refractivity contribution in [3.8, 4) is 5.75 Å². The van der Waals surface area contributed by atoms with Crippen LogP contribution in [0.1, 0.15) is 29.5 Å². The second kappa shape index (κ2) is 5.54. The number of likely N-dealkylation sites (tertiary alicyclic amines) is 1. The van der Waals surface area contributed by atoms with Gasteiger partial charge >= 0.3 is 0 Å². The largest absolute Gasteiger partial charge is 0.487 e. The van der Waals surface area contributed by atoms with Crippen molar-refractivity contribution in [1.82, 2.24) is 0 Å². The third-order valence-corrected chi connectivity index (χ3v) is 3.79. The second-order valence-corrected chi connectivity index (χ2v) is 5.26. The first-order valence-electron chi connectivity index (χ1n) is 6.71. The van der Waals surface area contributed by atoms with Crippen molar-refractivity contribution in [1.29, 1.82) is 0 Å². The Bertz CT molecular complexity index is 381. The van der Waals surface area contributed by atoms with Gasteiger partial charge in [-0.1, -0.05) is 6.07 Å². The molecule has 94 valence electrons. The Labute approximate surface area is 105 Å². The molecule has 0 bridgehead atoms. The maximum Gasteiger partial charge on any atom is 0.137 e. The number of ether oxygens (including phenoxy) is 1. The van der Waals surface area contributed by atoms with E-state index in [1.54, 1.807) is 4.90 Å². The van der Waals surface area contributed by atoms with Crippen LogP contribution in [0.15, 0.2) is 12.1 Å². The van der Waals surface area contributed by atoms with Crippen molar-refractivity contribution in [3.05, 3.63) is 28.8 Å². The first-order valence-corrected chi connectivity index (χ1v) is 6.71. The van der Waals surface area contributed by atoms with E-state index in [0.29, 0.717) is 0 Å². The first-order chi connectivity index (χ1) is 8.16. The topological polar surface area (TPSA) is 13.7 Å². The van der Waals surface area contributed by atoms with Crippen LogP contribution in [0.5, 0.6) is 5.75 Å². The quantitative estimate of drug-likeness (QED) is 0.836. The van der Waals surface area contributed by atoms with Gasteiger partial charge in [0.1, 0.15) is 18.9 Å². The minimum absolute atomic E-state index is 0.846. The summed E-state index contributed by atoms with van der Waals surface area (Å²) in [7, 11) is 0. The fourth-order valence-corrected chi connectivity index (χ4v) is 2.58. The maximum atomic E-state index is 5.94. The lowest BCUT2D eigenvalue weighted by Gasteiger charge is -2.15. The summed E-state index contributed by atoms with van der Waals surface area (Å²) in [5.74, 6) is 1.07. The Hall–Kier alpha value is -1.02. The average Bonchev–Trinajstić information content (AvgIpc) is 2.78. The molecule has 1 aromatic carbocycles. The fraction of sp³-hybridized carbons (Fsp3) is 0.600. The van der Waals surface area contributed by atoms with Gasteiger partial charge in [0, 0.05) is 12.8 Å². The molecule has 2 nitrogen and oxygen atoms in total. The molecule has 0 atom stereocenters. The standard InChI is InChI=1S/C15H23NO/c1-12-10-13(2)14(3)15(11-12)17-9-8-16-6-4-5-7-16/h10-11H,4-9H2,1-3H3/p+1. The molecule has 0 saturated carbocycles. The molecule has 0 amide bonds. The SMILES string of the molecule is Cc1cc(C)c(C)c(OCC[NH+]2CCCC2)c1. The number of rotatable bonds is 4. The lowest BCUT2D eigenvalue weighted by molar-refractivity contribution is -0.887. The van der Waals surface area contributed by atoms with Gasteiger partial charge in [-0.25, -0.2) is 0 Å². The maximum absolute atomic E-state index is 5.94. The highest BCUT2D eigenvalue weighted by molar-refractivity contribution is 5.41. The second-order valence-electron chi connectivity index (χ2n) is 5.26. The van der Waals surface area contributed by atoms with Crippen LogP contribution in [0.4, 0.5) is 0 Å². The smallest absolute Gasteiger partial charge is 0.137 e. The molecule has 17 heavy (non-hydrogen) atoms. The van der Waals surface area contributed by atoms with Crippen molar-refractivity contribution in [2.24, 2.45) is 0 Å². The zero-order valence-electron chi connectivity index (χ0n) is 11.3. The van der Waals surface area contributed by atoms with Crippen LogP contribution in [0.25, 0.3) is 0 Å². The molecule has 2 rings (SSSR count). The minimum Gasteiger partial charge on any atom is -0.487 e. The molecule has 0 unspecified atom stereocenters. The molecule has 1 aliphatic rings. The summed E-state index contributed by atoms with van der Waals surface area (Å²) in [6.45, 7) is 11.1. The Morgan fingerprint density at radius 1 is 1.12 bits per heavy atom. The molecule has 0 radical (unpaired) electrons. The van der Waals surface area contributed by atoms with Gasteiger partial charge in [-0.05, 0) is 43.5 Å². The molecule has 1 saturated heterocycles. The molecule has 2 heteroatoms. The van der Waals surface area contributed by atoms with Crippen LogP contribution >= 0.6 is 0 Å². The Morgan fingerprint density at radius 2 is 1.82 bits per heavy atom. The number of benzene rings is 1. The number of aryl methyl sites for hydroxylation is 2. The monoisotopic (exact) mass is 234 g/mol. The van der Waals surface area contributed by atoms with E-state index < -0.39 is 0 Å². The van der Waals surface area contributed by atoms with Crippen LogP contribution in [-0.2, 0) is 0 Å². The zero-order valence-corrected chi connectivity index (χ0v) is 11.3. The summed E-state index contributed by atoms with van der Waals surface area (Å²) in [6, 6.07) is 4.37. The molecule has 0 aliphatic carbocycles. The molecule has 1 aromatic rings. The van der Waals surface area contributed by atoms with Crippen LogP contribution in [0, 0.1) is 20.8 Å². The zero-order chi connectivity index (χ0) is 12.3. The average molecular weight is 234 g/mol. The lowest BCUT2D eigenvalue weighted by Crippen LogP contribution is -3.10. The van der Waals surface area contributed by atoms with E-state index in [0.717, 1.165) is 18.9 Å². The molecule has 1 heterocycles. The van der Waals surface area contributed by atoms with Gasteiger partial charge in [-0.15, -0.1) is 0 Å². The molecule has 1 aliphatic heterocycles. The van der Waals surface area contributed by atoms with E-state index in [1.807, 2.05) is 0 Å². The highest BCUT2D eigenvalue weighted by Crippen LogP contribution is 2.22. The lowest BCUT2D eigenvalue weighted by atomic mass is 10.1. The number of hydrogen-bond donors (Lipinski definition) is 1. The van der Waals surface area contributed by atoms with E-state index in [4.69, 9.17) is 4.74 Å². The van der Waals surface area contributed by atoms with E-state index in [-0.39, 0.29) is 0 Å². The van der Waals surface area contributed by atoms with Crippen LogP contribution in [0.3, 0.4) is 0 Å². The van der Waals surface area contributed by atoms with Gasteiger partial charge in [0.2, 0.25) is 0 Å². The van der Waals surface area contributed by atoms with Crippen LogP contribution < -0.4 is 9.64 Å². The Morgan fingerprint density at radius 3 is 2.53 bits per heavy atom. The van der Waals surface area contributed by atoms with Gasteiger partial charge in [0.25, 0.3) is 0 Å². The van der Waals surface area contributed by atoms with Crippen molar-refractivity contribution in [2.75, 3.05) is 26.2 Å². The summed E-state index contributed by atoms with van der Waals surface area (Å²) >= 11 is 0. The van der Waals surface area contributed by atoms with Crippen molar-refractivity contribution in [3.63, 3.8) is 0 Å². The Kier molecular flexibility index (Phi) is 4.06. The summed E-state index contributed by atoms with van der Waals surface area (Å²) in [6.07, 6.45) is 2.77. The molecular weight excluding hydrogens is 210 g/mol. The summed E-state index contributed by atoms with van der Waals surface area (Å²) in [5, 5.41) is 0. The van der Waals surface area contributed by atoms with E-state index in [9.17, 15) is 0 Å². The van der Waals surface area contributed by atoms with E-state index in [1.165, 1.54) is 42.6 Å². The van der Waals surface area contributed by atoms with Gasteiger partial charge in [0.05, 0.1) is 13.1 Å². The predicted octanol–water partition coefficient (Wildman–Crippen LogP) is 1.67. The molecular formula is C15H24NO+. The van der Waals surface area contributed by atoms with Gasteiger partial charge in [-0.2, -0.15) is 0 Å². The van der Waals surface area contributed by atoms with Crippen LogP contribution in [0.2, 0.25) is 0 Å². The summed E-state index contributed by atoms with van der Waals surface area (Å²) in [4.78, 5) is 1.70. The van der Waals surface area contributed by atoms with Crippen molar-refractivity contribution >= 4 is 0 Å². The van der Waals surface area contributed by atoms with Gasteiger partial charge < -0.3 is 9.64 Å². The molecule has 0 spiro atoms. The Balaban J connectivity index is 1.89. The third kappa shape index (κ3) is 3.22. The number of quaternary nitrogens is 1. The highest BCUT2D eigenvalue weighted by atomic mass is 16.5.